The smallest absolute Gasteiger partial charge is 0.262 e. The van der Waals surface area contributed by atoms with Gasteiger partial charge in [-0.3, -0.25) is 9.59 Å². The van der Waals surface area contributed by atoms with Gasteiger partial charge in [0.25, 0.3) is 5.91 Å². The number of aliphatic hydroxyl groups excluding tert-OH is 1. The van der Waals surface area contributed by atoms with Crippen molar-refractivity contribution < 1.29 is 14.7 Å². The molecule has 3 heterocycles. The van der Waals surface area contributed by atoms with E-state index in [1.165, 1.54) is 17.9 Å². The predicted octanol–water partition coefficient (Wildman–Crippen LogP) is 2.83. The molecule has 3 atom stereocenters. The van der Waals surface area contributed by atoms with Crippen molar-refractivity contribution in [2.24, 2.45) is 5.92 Å². The van der Waals surface area contributed by atoms with E-state index in [-0.39, 0.29) is 34.9 Å². The number of nitrogens with zero attached hydrogens (tertiary/aromatic N) is 1. The van der Waals surface area contributed by atoms with Crippen molar-refractivity contribution in [2.75, 3.05) is 0 Å². The number of hydrogen-bond donors (Lipinski definition) is 2. The number of H-pyrrole nitrogens is 1. The second-order valence-corrected chi connectivity index (χ2v) is 8.01. The van der Waals surface area contributed by atoms with Crippen LogP contribution >= 0.6 is 0 Å². The average Bonchev–Trinajstić information content (AvgIpc) is 3.14. The van der Waals surface area contributed by atoms with Crippen LogP contribution in [0.3, 0.4) is 0 Å². The fourth-order valence-electron chi connectivity index (χ4n) is 5.47. The van der Waals surface area contributed by atoms with Crippen molar-refractivity contribution in [1.29, 1.82) is 0 Å². The Kier molecular flexibility index (Phi) is 2.56. The molecule has 3 aliphatic rings. The number of aromatic nitrogens is 1. The summed E-state index contributed by atoms with van der Waals surface area (Å²) in [6.07, 6.45) is 2.87. The molecule has 0 radical (unpaired) electrons. The van der Waals surface area contributed by atoms with Gasteiger partial charge in [-0.15, -0.1) is 0 Å². The Morgan fingerprint density at radius 3 is 2.84 bits per heavy atom. The molecule has 1 fully saturated rings. The molecule has 5 rings (SSSR count). The highest BCUT2D eigenvalue weighted by Crippen LogP contribution is 2.58. The zero-order chi connectivity index (χ0) is 17.7. The van der Waals surface area contributed by atoms with E-state index in [0.29, 0.717) is 0 Å². The summed E-state index contributed by atoms with van der Waals surface area (Å²) in [6, 6.07) is 5.81. The summed E-state index contributed by atoms with van der Waals surface area (Å²) in [7, 11) is 0. The summed E-state index contributed by atoms with van der Waals surface area (Å²) in [4.78, 5) is 29.9. The van der Waals surface area contributed by atoms with E-state index in [2.05, 4.69) is 37.0 Å². The van der Waals surface area contributed by atoms with Gasteiger partial charge >= 0.3 is 0 Å². The fraction of sp³-hybridized carbons (Fsp3) is 0.400. The Morgan fingerprint density at radius 1 is 1.36 bits per heavy atom. The molecule has 0 spiro atoms. The molecule has 25 heavy (non-hydrogen) atoms. The first-order chi connectivity index (χ1) is 11.8. The van der Waals surface area contributed by atoms with Gasteiger partial charge in [0.15, 0.2) is 5.78 Å². The molecular weight excluding hydrogens is 316 g/mol. The maximum Gasteiger partial charge on any atom is 0.262 e. The number of amides is 1. The van der Waals surface area contributed by atoms with Gasteiger partial charge in [0.05, 0.1) is 6.04 Å². The molecule has 1 amide bonds. The van der Waals surface area contributed by atoms with Crippen LogP contribution in [0, 0.1) is 5.92 Å². The maximum absolute atomic E-state index is 12.9. The fourth-order valence-corrected chi connectivity index (χ4v) is 5.47. The maximum atomic E-state index is 12.9. The molecule has 5 nitrogen and oxygen atoms in total. The molecule has 128 valence electrons. The molecule has 1 aromatic heterocycles. The molecule has 0 saturated carbocycles. The lowest BCUT2D eigenvalue weighted by molar-refractivity contribution is -0.132. The molecule has 1 aromatic carbocycles. The number of hydrogen-bond acceptors (Lipinski definition) is 3. The Labute approximate surface area is 145 Å². The SMILES string of the molecule is CC(=O)C1=C(O)[C@@H]2[C@H]3c4c[nH]c5cccc(c45)CC3C(C)(C)N2C1=O. The highest BCUT2D eigenvalue weighted by Gasteiger charge is 2.63. The second kappa shape index (κ2) is 4.34. The van der Waals surface area contributed by atoms with Gasteiger partial charge in [0, 0.05) is 28.6 Å². The summed E-state index contributed by atoms with van der Waals surface area (Å²) < 4.78 is 0. The minimum Gasteiger partial charge on any atom is -0.509 e. The van der Waals surface area contributed by atoms with E-state index in [9.17, 15) is 14.7 Å². The zero-order valence-electron chi connectivity index (χ0n) is 14.5. The first-order valence-electron chi connectivity index (χ1n) is 8.70. The molecule has 2 aromatic rings. The summed E-state index contributed by atoms with van der Waals surface area (Å²) in [6.45, 7) is 5.45. The van der Waals surface area contributed by atoms with Crippen molar-refractivity contribution in [2.45, 2.75) is 44.7 Å². The molecule has 1 aliphatic carbocycles. The van der Waals surface area contributed by atoms with Crippen LogP contribution in [0.2, 0.25) is 0 Å². The standard InChI is InChI=1S/C20H20N2O3/c1-9(23)14-18(24)17-16-11-8-21-13-6-4-5-10(15(11)13)7-12(16)20(2,3)22(17)19(14)25/h4-6,8,12,16-17,21,24H,7H2,1-3H3/t12?,16-,17-/m0/s1. The normalized spacial score (nSPS) is 29.3. The number of aromatic amines is 1. The van der Waals surface area contributed by atoms with Crippen molar-refractivity contribution in [3.63, 3.8) is 0 Å². The molecule has 1 unspecified atom stereocenters. The highest BCUT2D eigenvalue weighted by atomic mass is 16.3. The van der Waals surface area contributed by atoms with E-state index in [1.807, 2.05) is 6.20 Å². The Balaban J connectivity index is 1.78. The van der Waals surface area contributed by atoms with Crippen molar-refractivity contribution in [1.82, 2.24) is 9.88 Å². The van der Waals surface area contributed by atoms with Crippen molar-refractivity contribution in [3.05, 3.63) is 46.9 Å². The number of fused-ring (bicyclic) bond motifs is 4. The quantitative estimate of drug-likeness (QED) is 0.787. The highest BCUT2D eigenvalue weighted by molar-refractivity contribution is 6.21. The largest absolute Gasteiger partial charge is 0.509 e. The first kappa shape index (κ1) is 14.8. The van der Waals surface area contributed by atoms with Gasteiger partial charge in [-0.2, -0.15) is 0 Å². The number of benzene rings is 1. The van der Waals surface area contributed by atoms with E-state index in [1.54, 1.807) is 4.90 Å². The average molecular weight is 336 g/mol. The number of carbonyl (C=O) groups excluding carboxylic acids is 2. The van der Waals surface area contributed by atoms with Crippen LogP contribution in [-0.4, -0.2) is 38.3 Å². The second-order valence-electron chi connectivity index (χ2n) is 8.01. The van der Waals surface area contributed by atoms with Gasteiger partial charge in [-0.25, -0.2) is 0 Å². The number of ketones is 1. The van der Waals surface area contributed by atoms with Gasteiger partial charge in [0.2, 0.25) is 0 Å². The number of Topliss-reactive ketones (excluding diaryl/α,β-unsaturated/α-hetero) is 1. The topological polar surface area (TPSA) is 73.4 Å². The number of carbonyl (C=O) groups is 2. The third-order valence-corrected chi connectivity index (χ3v) is 6.52. The van der Waals surface area contributed by atoms with Crippen LogP contribution in [-0.2, 0) is 16.0 Å². The van der Waals surface area contributed by atoms with Crippen LogP contribution in [0.4, 0.5) is 0 Å². The molecule has 2 N–H and O–H groups in total. The Hall–Kier alpha value is -2.56. The molecule has 5 heteroatoms. The van der Waals surface area contributed by atoms with Crippen LogP contribution in [0.1, 0.15) is 37.8 Å². The van der Waals surface area contributed by atoms with Gasteiger partial charge in [0.1, 0.15) is 11.3 Å². The summed E-state index contributed by atoms with van der Waals surface area (Å²) >= 11 is 0. The molecule has 1 saturated heterocycles. The summed E-state index contributed by atoms with van der Waals surface area (Å²) in [5.74, 6) is -0.540. The predicted molar refractivity (Wildman–Crippen MR) is 93.3 cm³/mol. The van der Waals surface area contributed by atoms with Crippen molar-refractivity contribution in [3.8, 4) is 0 Å². The zero-order valence-corrected chi connectivity index (χ0v) is 14.5. The Bertz CT molecular complexity index is 998. The van der Waals surface area contributed by atoms with E-state index in [0.717, 1.165) is 17.5 Å². The summed E-state index contributed by atoms with van der Waals surface area (Å²) in [5.41, 5.74) is 3.04. The lowest BCUT2D eigenvalue weighted by atomic mass is 9.69. The molecular formula is C20H20N2O3. The number of aliphatic hydroxyl groups is 1. The van der Waals surface area contributed by atoms with Gasteiger partial charge in [-0.05, 0) is 50.3 Å². The number of nitrogens with one attached hydrogen (secondary N) is 1. The van der Waals surface area contributed by atoms with Crippen LogP contribution in [0.25, 0.3) is 10.9 Å². The summed E-state index contributed by atoms with van der Waals surface area (Å²) in [5, 5.41) is 12.0. The third-order valence-electron chi connectivity index (χ3n) is 6.52. The lowest BCUT2D eigenvalue weighted by Gasteiger charge is -2.37. The van der Waals surface area contributed by atoms with E-state index < -0.39 is 11.6 Å². The molecule has 2 aliphatic heterocycles. The van der Waals surface area contributed by atoms with Crippen LogP contribution in [0.15, 0.2) is 35.7 Å². The monoisotopic (exact) mass is 336 g/mol. The van der Waals surface area contributed by atoms with Gasteiger partial charge in [-0.1, -0.05) is 12.1 Å². The Morgan fingerprint density at radius 2 is 2.12 bits per heavy atom. The van der Waals surface area contributed by atoms with Gasteiger partial charge < -0.3 is 15.0 Å². The van der Waals surface area contributed by atoms with E-state index >= 15 is 0 Å². The minimum absolute atomic E-state index is 0.000509. The minimum atomic E-state index is -0.446. The first-order valence-corrected chi connectivity index (χ1v) is 8.70. The lowest BCUT2D eigenvalue weighted by Crippen LogP contribution is -2.47. The van der Waals surface area contributed by atoms with Crippen LogP contribution < -0.4 is 0 Å². The van der Waals surface area contributed by atoms with E-state index in [4.69, 9.17) is 0 Å². The van der Waals surface area contributed by atoms with Crippen molar-refractivity contribution >= 4 is 22.6 Å². The number of rotatable bonds is 1. The van der Waals surface area contributed by atoms with Crippen LogP contribution in [0.5, 0.6) is 0 Å². The molecule has 0 bridgehead atoms. The third kappa shape index (κ3) is 1.54.